The van der Waals surface area contributed by atoms with Crippen LogP contribution in [0.1, 0.15) is 11.1 Å². The van der Waals surface area contributed by atoms with Gasteiger partial charge in [0, 0.05) is 10.5 Å². The summed E-state index contributed by atoms with van der Waals surface area (Å²) in [6.07, 6.45) is 0. The third kappa shape index (κ3) is 2.79. The maximum absolute atomic E-state index is 6.01. The highest BCUT2D eigenvalue weighted by molar-refractivity contribution is 9.10. The van der Waals surface area contributed by atoms with Gasteiger partial charge in [-0.05, 0) is 43.2 Å². The number of anilines is 1. The third-order valence-corrected chi connectivity index (χ3v) is 3.48. The molecule has 2 rings (SSSR count). The molecule has 0 aliphatic carbocycles. The Morgan fingerprint density at radius 1 is 1.06 bits per heavy atom. The fraction of sp³-hybridized carbons (Fsp3) is 0.143. The molecule has 0 aromatic heterocycles. The van der Waals surface area contributed by atoms with Crippen molar-refractivity contribution in [3.8, 4) is 11.5 Å². The van der Waals surface area contributed by atoms with Crippen LogP contribution in [-0.4, -0.2) is 0 Å². The van der Waals surface area contributed by atoms with Crippen LogP contribution in [0, 0.1) is 13.8 Å². The molecule has 2 aromatic carbocycles. The normalized spacial score (nSPS) is 10.4. The van der Waals surface area contributed by atoms with Gasteiger partial charge in [0.1, 0.15) is 11.5 Å². The number of hydrogen-bond acceptors (Lipinski definition) is 2. The molecule has 2 nitrogen and oxygen atoms in total. The third-order valence-electron chi connectivity index (χ3n) is 2.66. The van der Waals surface area contributed by atoms with Crippen LogP contribution in [0.5, 0.6) is 11.5 Å². The molecule has 2 aromatic rings. The first-order valence-electron chi connectivity index (χ1n) is 5.47. The van der Waals surface area contributed by atoms with E-state index in [1.54, 1.807) is 6.07 Å². The van der Waals surface area contributed by atoms with E-state index in [1.165, 1.54) is 0 Å². The Morgan fingerprint density at radius 3 is 2.44 bits per heavy atom. The minimum Gasteiger partial charge on any atom is -0.457 e. The highest BCUT2D eigenvalue weighted by Gasteiger charge is 2.08. The van der Waals surface area contributed by atoms with Gasteiger partial charge in [-0.1, -0.05) is 33.6 Å². The molecule has 0 saturated carbocycles. The number of aryl methyl sites for hydroxylation is 2. The van der Waals surface area contributed by atoms with E-state index in [-0.39, 0.29) is 0 Å². The summed E-state index contributed by atoms with van der Waals surface area (Å²) in [7, 11) is 0. The summed E-state index contributed by atoms with van der Waals surface area (Å²) in [5.74, 6) is 1.52. The minimum absolute atomic E-state index is 0.503. The molecule has 0 aliphatic heterocycles. The van der Waals surface area contributed by atoms with Crippen molar-refractivity contribution in [1.29, 1.82) is 0 Å². The van der Waals surface area contributed by atoms with Crippen LogP contribution in [0.2, 0.25) is 5.02 Å². The number of nitrogen functional groups attached to an aromatic ring is 1. The fourth-order valence-electron chi connectivity index (χ4n) is 1.60. The number of benzene rings is 2. The smallest absolute Gasteiger partial charge is 0.131 e. The Bertz CT molecular complexity index is 599. The summed E-state index contributed by atoms with van der Waals surface area (Å²) in [6.45, 7) is 3.94. The largest absolute Gasteiger partial charge is 0.457 e. The average Bonchev–Trinajstić information content (AvgIpc) is 2.30. The summed E-state index contributed by atoms with van der Waals surface area (Å²) in [5.41, 5.74) is 8.32. The number of ether oxygens (including phenoxy) is 1. The highest BCUT2D eigenvalue weighted by atomic mass is 79.9. The first-order valence-corrected chi connectivity index (χ1v) is 6.64. The maximum Gasteiger partial charge on any atom is 0.131 e. The molecule has 0 heterocycles. The summed E-state index contributed by atoms with van der Waals surface area (Å²) in [5, 5.41) is 0.503. The second-order valence-electron chi connectivity index (χ2n) is 4.15. The summed E-state index contributed by atoms with van der Waals surface area (Å²) < 4.78 is 6.86. The van der Waals surface area contributed by atoms with Gasteiger partial charge in [0.05, 0.1) is 10.7 Å². The van der Waals surface area contributed by atoms with Gasteiger partial charge in [0.15, 0.2) is 0 Å². The lowest BCUT2D eigenvalue weighted by Gasteiger charge is -2.12. The topological polar surface area (TPSA) is 35.2 Å². The minimum atomic E-state index is 0.503. The van der Waals surface area contributed by atoms with E-state index in [1.807, 2.05) is 38.1 Å². The molecule has 2 N–H and O–H groups in total. The molecule has 18 heavy (non-hydrogen) atoms. The number of halogens is 2. The second-order valence-corrected chi connectivity index (χ2v) is 5.47. The number of rotatable bonds is 2. The Morgan fingerprint density at radius 2 is 1.72 bits per heavy atom. The van der Waals surface area contributed by atoms with Crippen molar-refractivity contribution in [2.24, 2.45) is 0 Å². The molecule has 0 atom stereocenters. The van der Waals surface area contributed by atoms with Gasteiger partial charge >= 0.3 is 0 Å². The van der Waals surface area contributed by atoms with Crippen LogP contribution < -0.4 is 10.5 Å². The Kier molecular flexibility index (Phi) is 3.83. The Hall–Kier alpha value is -1.19. The zero-order chi connectivity index (χ0) is 13.3. The van der Waals surface area contributed by atoms with Crippen LogP contribution in [0.4, 0.5) is 5.69 Å². The summed E-state index contributed by atoms with van der Waals surface area (Å²) >= 11 is 9.44. The van der Waals surface area contributed by atoms with Crippen LogP contribution in [0.25, 0.3) is 0 Å². The maximum atomic E-state index is 6.01. The van der Waals surface area contributed by atoms with E-state index < -0.39 is 0 Å². The molecule has 0 radical (unpaired) electrons. The van der Waals surface area contributed by atoms with Crippen molar-refractivity contribution in [2.45, 2.75) is 13.8 Å². The van der Waals surface area contributed by atoms with Crippen molar-refractivity contribution in [3.63, 3.8) is 0 Å². The molecule has 0 aliphatic rings. The van der Waals surface area contributed by atoms with Crippen LogP contribution in [-0.2, 0) is 0 Å². The van der Waals surface area contributed by atoms with Gasteiger partial charge in [-0.2, -0.15) is 0 Å². The molecule has 0 saturated heterocycles. The van der Waals surface area contributed by atoms with Crippen molar-refractivity contribution in [2.75, 3.05) is 5.73 Å². The zero-order valence-electron chi connectivity index (χ0n) is 10.1. The predicted molar refractivity (Wildman–Crippen MR) is 79.6 cm³/mol. The van der Waals surface area contributed by atoms with Crippen molar-refractivity contribution < 1.29 is 4.74 Å². The fourth-order valence-corrected chi connectivity index (χ4v) is 2.09. The van der Waals surface area contributed by atoms with Crippen LogP contribution >= 0.6 is 27.5 Å². The lowest BCUT2D eigenvalue weighted by atomic mass is 10.2. The molecular weight excluding hydrogens is 314 g/mol. The second kappa shape index (κ2) is 5.21. The summed E-state index contributed by atoms with van der Waals surface area (Å²) in [4.78, 5) is 0. The number of nitrogens with two attached hydrogens (primary N) is 1. The van der Waals surface area contributed by atoms with Gasteiger partial charge < -0.3 is 10.5 Å². The van der Waals surface area contributed by atoms with Gasteiger partial charge in [0.2, 0.25) is 0 Å². The molecule has 0 spiro atoms. The van der Waals surface area contributed by atoms with Gasteiger partial charge in [0.25, 0.3) is 0 Å². The standard InChI is InChI=1S/C14H13BrClNO/c1-8-3-4-10(15)6-13(8)18-14-7-11(16)12(17)5-9(14)2/h3-7H,17H2,1-2H3. The Balaban J connectivity index is 2.40. The first-order chi connectivity index (χ1) is 8.47. The monoisotopic (exact) mass is 325 g/mol. The van der Waals surface area contributed by atoms with E-state index in [0.29, 0.717) is 10.7 Å². The molecule has 0 unspecified atom stereocenters. The summed E-state index contributed by atoms with van der Waals surface area (Å²) in [6, 6.07) is 9.45. The first kappa shape index (κ1) is 13.2. The number of hydrogen-bond donors (Lipinski definition) is 1. The van der Waals surface area contributed by atoms with Crippen molar-refractivity contribution in [1.82, 2.24) is 0 Å². The van der Waals surface area contributed by atoms with Crippen LogP contribution in [0.3, 0.4) is 0 Å². The molecule has 0 fully saturated rings. The van der Waals surface area contributed by atoms with E-state index in [9.17, 15) is 0 Å². The van der Waals surface area contributed by atoms with Gasteiger partial charge in [-0.3, -0.25) is 0 Å². The molecular formula is C14H13BrClNO. The van der Waals surface area contributed by atoms with E-state index in [4.69, 9.17) is 22.1 Å². The lowest BCUT2D eigenvalue weighted by molar-refractivity contribution is 0.475. The van der Waals surface area contributed by atoms with Gasteiger partial charge in [-0.15, -0.1) is 0 Å². The van der Waals surface area contributed by atoms with E-state index in [2.05, 4.69) is 15.9 Å². The average molecular weight is 327 g/mol. The van der Waals surface area contributed by atoms with Crippen molar-refractivity contribution in [3.05, 3.63) is 51.0 Å². The molecule has 0 bridgehead atoms. The molecule has 4 heteroatoms. The van der Waals surface area contributed by atoms with E-state index >= 15 is 0 Å². The highest BCUT2D eigenvalue weighted by Crippen LogP contribution is 2.34. The van der Waals surface area contributed by atoms with Crippen molar-refractivity contribution >= 4 is 33.2 Å². The Labute approximate surface area is 120 Å². The van der Waals surface area contributed by atoms with Crippen LogP contribution in [0.15, 0.2) is 34.8 Å². The SMILES string of the molecule is Cc1ccc(Br)cc1Oc1cc(Cl)c(N)cc1C. The predicted octanol–water partition coefficient (Wildman–Crippen LogP) is 5.09. The quantitative estimate of drug-likeness (QED) is 0.780. The lowest BCUT2D eigenvalue weighted by Crippen LogP contribution is -1.93. The van der Waals surface area contributed by atoms with E-state index in [0.717, 1.165) is 27.1 Å². The molecule has 94 valence electrons. The molecule has 0 amide bonds. The van der Waals surface area contributed by atoms with Gasteiger partial charge in [-0.25, -0.2) is 0 Å². The zero-order valence-corrected chi connectivity index (χ0v) is 12.5.